The van der Waals surface area contributed by atoms with Gasteiger partial charge in [0.25, 0.3) is 0 Å². The summed E-state index contributed by atoms with van der Waals surface area (Å²) in [5.74, 6) is 0.763. The molecule has 0 N–H and O–H groups in total. The molecule has 0 aliphatic heterocycles. The number of hydrogen-bond acceptors (Lipinski definition) is 1. The van der Waals surface area contributed by atoms with Gasteiger partial charge in [-0.2, -0.15) is 0 Å². The van der Waals surface area contributed by atoms with Crippen LogP contribution in [0.25, 0.3) is 0 Å². The first-order valence-corrected chi connectivity index (χ1v) is 4.57. The molecule has 0 amide bonds. The summed E-state index contributed by atoms with van der Waals surface area (Å²) in [5.41, 5.74) is 1.34. The molecule has 12 heavy (non-hydrogen) atoms. The highest BCUT2D eigenvalue weighted by atomic mass is 16.5. The lowest BCUT2D eigenvalue weighted by molar-refractivity contribution is -0.459. The standard InChI is InChI=1S/C10H18NO/c1-4-12-8-10(7-11(2)3)9-5-6-9/h7-9H,4-6H2,1-3H3/q+1. The van der Waals surface area contributed by atoms with Crippen LogP contribution < -0.4 is 0 Å². The van der Waals surface area contributed by atoms with Gasteiger partial charge in [0, 0.05) is 0 Å². The van der Waals surface area contributed by atoms with Crippen LogP contribution in [0.2, 0.25) is 0 Å². The van der Waals surface area contributed by atoms with Crippen LogP contribution in [0.15, 0.2) is 11.8 Å². The molecule has 0 aromatic rings. The highest BCUT2D eigenvalue weighted by molar-refractivity contribution is 5.75. The van der Waals surface area contributed by atoms with Gasteiger partial charge in [0.1, 0.15) is 14.1 Å². The lowest BCUT2D eigenvalue weighted by Gasteiger charge is -1.97. The third-order valence-corrected chi connectivity index (χ3v) is 1.84. The molecule has 2 heteroatoms. The van der Waals surface area contributed by atoms with E-state index in [0.29, 0.717) is 0 Å². The van der Waals surface area contributed by atoms with Crippen molar-refractivity contribution in [1.82, 2.24) is 0 Å². The predicted octanol–water partition coefficient (Wildman–Crippen LogP) is 1.66. The van der Waals surface area contributed by atoms with Crippen molar-refractivity contribution in [1.29, 1.82) is 0 Å². The van der Waals surface area contributed by atoms with Gasteiger partial charge in [0.15, 0.2) is 6.21 Å². The summed E-state index contributed by atoms with van der Waals surface area (Å²) in [4.78, 5) is 0. The quantitative estimate of drug-likeness (QED) is 0.353. The van der Waals surface area contributed by atoms with E-state index in [2.05, 4.69) is 10.8 Å². The molecule has 0 saturated heterocycles. The maximum Gasteiger partial charge on any atom is 0.169 e. The molecule has 1 saturated carbocycles. The molecule has 1 aliphatic carbocycles. The van der Waals surface area contributed by atoms with E-state index >= 15 is 0 Å². The minimum Gasteiger partial charge on any atom is -0.501 e. The van der Waals surface area contributed by atoms with Crippen LogP contribution in [-0.2, 0) is 4.74 Å². The van der Waals surface area contributed by atoms with E-state index in [1.807, 2.05) is 27.3 Å². The van der Waals surface area contributed by atoms with Crippen LogP contribution >= 0.6 is 0 Å². The van der Waals surface area contributed by atoms with Gasteiger partial charge in [-0.3, -0.25) is 0 Å². The van der Waals surface area contributed by atoms with Crippen molar-refractivity contribution in [3.8, 4) is 0 Å². The zero-order valence-electron chi connectivity index (χ0n) is 8.21. The fourth-order valence-electron chi connectivity index (χ4n) is 1.13. The summed E-state index contributed by atoms with van der Waals surface area (Å²) in [6, 6.07) is 0. The molecule has 0 bridgehead atoms. The number of nitrogens with zero attached hydrogens (tertiary/aromatic N) is 1. The summed E-state index contributed by atoms with van der Waals surface area (Å²) in [6.45, 7) is 2.77. The molecule has 2 nitrogen and oxygen atoms in total. The molecule has 0 unspecified atom stereocenters. The third-order valence-electron chi connectivity index (χ3n) is 1.84. The Kier molecular flexibility index (Phi) is 3.32. The van der Waals surface area contributed by atoms with Gasteiger partial charge in [-0.15, -0.1) is 0 Å². The first kappa shape index (κ1) is 9.30. The Morgan fingerprint density at radius 2 is 2.17 bits per heavy atom. The molecule has 1 aliphatic rings. The fourth-order valence-corrected chi connectivity index (χ4v) is 1.13. The highest BCUT2D eigenvalue weighted by Crippen LogP contribution is 2.35. The Labute approximate surface area is 74.5 Å². The number of ether oxygens (including phenoxy) is 1. The molecule has 0 spiro atoms. The Hall–Kier alpha value is -0.790. The van der Waals surface area contributed by atoms with E-state index in [9.17, 15) is 0 Å². The average molecular weight is 168 g/mol. The molecule has 0 atom stereocenters. The Balaban J connectivity index is 2.54. The van der Waals surface area contributed by atoms with Crippen molar-refractivity contribution >= 4 is 6.21 Å². The second-order valence-corrected chi connectivity index (χ2v) is 3.44. The van der Waals surface area contributed by atoms with Gasteiger partial charge in [-0.25, -0.2) is 4.58 Å². The topological polar surface area (TPSA) is 12.2 Å². The van der Waals surface area contributed by atoms with Gasteiger partial charge < -0.3 is 4.74 Å². The number of hydrogen-bond donors (Lipinski definition) is 0. The number of allylic oxidation sites excluding steroid dienone is 1. The molecule has 0 heterocycles. The summed E-state index contributed by atoms with van der Waals surface area (Å²) in [7, 11) is 4.09. The van der Waals surface area contributed by atoms with E-state index in [-0.39, 0.29) is 0 Å². The molecule has 0 aromatic heterocycles. The monoisotopic (exact) mass is 168 g/mol. The summed E-state index contributed by atoms with van der Waals surface area (Å²) >= 11 is 0. The minimum atomic E-state index is 0.761. The first-order valence-electron chi connectivity index (χ1n) is 4.57. The Morgan fingerprint density at radius 3 is 2.58 bits per heavy atom. The van der Waals surface area contributed by atoms with Gasteiger partial charge in [0.05, 0.1) is 18.4 Å². The van der Waals surface area contributed by atoms with E-state index in [4.69, 9.17) is 4.74 Å². The van der Waals surface area contributed by atoms with E-state index in [1.165, 1.54) is 18.4 Å². The summed E-state index contributed by atoms with van der Waals surface area (Å²) < 4.78 is 7.35. The predicted molar refractivity (Wildman–Crippen MR) is 50.6 cm³/mol. The third kappa shape index (κ3) is 3.07. The van der Waals surface area contributed by atoms with Crippen molar-refractivity contribution in [3.05, 3.63) is 11.8 Å². The Morgan fingerprint density at radius 1 is 1.50 bits per heavy atom. The molecule has 0 radical (unpaired) electrons. The van der Waals surface area contributed by atoms with Crippen molar-refractivity contribution in [2.45, 2.75) is 19.8 Å². The zero-order chi connectivity index (χ0) is 8.97. The summed E-state index contributed by atoms with van der Waals surface area (Å²) in [6.07, 6.45) is 6.69. The van der Waals surface area contributed by atoms with Crippen molar-refractivity contribution < 1.29 is 9.31 Å². The van der Waals surface area contributed by atoms with Gasteiger partial charge >= 0.3 is 0 Å². The summed E-state index contributed by atoms with van der Waals surface area (Å²) in [5, 5.41) is 0. The second kappa shape index (κ2) is 4.29. The highest BCUT2D eigenvalue weighted by Gasteiger charge is 2.27. The van der Waals surface area contributed by atoms with Crippen LogP contribution in [0.1, 0.15) is 19.8 Å². The molecule has 1 fully saturated rings. The minimum absolute atomic E-state index is 0.761. The van der Waals surface area contributed by atoms with Crippen LogP contribution in [0.3, 0.4) is 0 Å². The van der Waals surface area contributed by atoms with Gasteiger partial charge in [-0.1, -0.05) is 0 Å². The van der Waals surface area contributed by atoms with Crippen LogP contribution in [0.5, 0.6) is 0 Å². The second-order valence-electron chi connectivity index (χ2n) is 3.44. The maximum absolute atomic E-state index is 5.28. The molecular formula is C10H18NO+. The first-order chi connectivity index (χ1) is 5.74. The lowest BCUT2D eigenvalue weighted by atomic mass is 10.2. The van der Waals surface area contributed by atoms with Crippen molar-refractivity contribution in [2.75, 3.05) is 20.7 Å². The number of rotatable bonds is 4. The van der Waals surface area contributed by atoms with Crippen LogP contribution in [-0.4, -0.2) is 31.5 Å². The van der Waals surface area contributed by atoms with Gasteiger partial charge in [0.2, 0.25) is 0 Å². The largest absolute Gasteiger partial charge is 0.501 e. The van der Waals surface area contributed by atoms with E-state index < -0.39 is 0 Å². The Bertz CT molecular complexity index is 198. The van der Waals surface area contributed by atoms with Crippen molar-refractivity contribution in [2.24, 2.45) is 5.92 Å². The average Bonchev–Trinajstić information content (AvgIpc) is 2.79. The molecule has 1 rings (SSSR count). The maximum atomic E-state index is 5.28. The van der Waals surface area contributed by atoms with Crippen molar-refractivity contribution in [3.63, 3.8) is 0 Å². The molecule has 68 valence electrons. The smallest absolute Gasteiger partial charge is 0.169 e. The molecule has 0 aromatic carbocycles. The van der Waals surface area contributed by atoms with Crippen LogP contribution in [0, 0.1) is 5.92 Å². The van der Waals surface area contributed by atoms with Crippen LogP contribution in [0.4, 0.5) is 0 Å². The zero-order valence-corrected chi connectivity index (χ0v) is 8.21. The van der Waals surface area contributed by atoms with Gasteiger partial charge in [-0.05, 0) is 25.7 Å². The fraction of sp³-hybridized carbons (Fsp3) is 0.700. The molecular weight excluding hydrogens is 150 g/mol. The van der Waals surface area contributed by atoms with E-state index in [0.717, 1.165) is 12.5 Å². The normalized spacial score (nSPS) is 17.4. The SMILES string of the molecule is CCOC=C(C=[N+](C)C)C1CC1. The van der Waals surface area contributed by atoms with E-state index in [1.54, 1.807) is 0 Å². The lowest BCUT2D eigenvalue weighted by Crippen LogP contribution is -2.03.